The molecule has 10 heteroatoms. The van der Waals surface area contributed by atoms with Crippen molar-refractivity contribution < 1.29 is 24.1 Å². The van der Waals surface area contributed by atoms with Crippen LogP contribution in [-0.4, -0.2) is 34.3 Å². The number of rotatable bonds is 4. The van der Waals surface area contributed by atoms with Crippen molar-refractivity contribution in [1.29, 1.82) is 0 Å². The Morgan fingerprint density at radius 2 is 1.92 bits per heavy atom. The number of fused-ring (bicyclic) bond motifs is 1. The van der Waals surface area contributed by atoms with Crippen LogP contribution in [0.5, 0.6) is 0 Å². The molecule has 2 amide bonds. The van der Waals surface area contributed by atoms with E-state index in [1.54, 1.807) is 17.5 Å². The fourth-order valence-corrected chi connectivity index (χ4v) is 3.55. The van der Waals surface area contributed by atoms with Gasteiger partial charge < -0.3 is 4.84 Å². The fourth-order valence-electron chi connectivity index (χ4n) is 2.88. The Kier molecular flexibility index (Phi) is 3.62. The van der Waals surface area contributed by atoms with Gasteiger partial charge in [-0.05, 0) is 23.6 Å². The topological polar surface area (TPSA) is 119 Å². The number of carbonyl (C=O) groups excluding carboxylic acids is 3. The van der Waals surface area contributed by atoms with E-state index in [4.69, 9.17) is 4.84 Å². The second kappa shape index (κ2) is 5.85. The maximum atomic E-state index is 12.8. The minimum Gasteiger partial charge on any atom is -0.381 e. The van der Waals surface area contributed by atoms with Crippen LogP contribution in [-0.2, 0) is 14.4 Å². The summed E-state index contributed by atoms with van der Waals surface area (Å²) in [7, 11) is 0. The number of hydrogen-bond donors (Lipinski definition) is 0. The molecule has 26 heavy (non-hydrogen) atoms. The second-order valence-electron chi connectivity index (χ2n) is 5.57. The van der Waals surface area contributed by atoms with Crippen LogP contribution in [0.2, 0.25) is 0 Å². The van der Waals surface area contributed by atoms with Crippen molar-refractivity contribution in [2.45, 2.75) is 6.10 Å². The number of nitrogens with zero attached hydrogens (tertiary/aromatic N) is 3. The van der Waals surface area contributed by atoms with Crippen LogP contribution < -0.4 is 4.90 Å². The van der Waals surface area contributed by atoms with Gasteiger partial charge in [0, 0.05) is 12.1 Å². The zero-order valence-corrected chi connectivity index (χ0v) is 13.7. The highest BCUT2D eigenvalue weighted by molar-refractivity contribution is 7.13. The summed E-state index contributed by atoms with van der Waals surface area (Å²) in [5, 5.41) is 16.1. The van der Waals surface area contributed by atoms with Gasteiger partial charge in [-0.3, -0.25) is 24.5 Å². The summed E-state index contributed by atoms with van der Waals surface area (Å²) < 4.78 is 0. The lowest BCUT2D eigenvalue weighted by Crippen LogP contribution is -2.34. The summed E-state index contributed by atoms with van der Waals surface area (Å²) in [5.41, 5.74) is -0.105. The third-order valence-corrected chi connectivity index (χ3v) is 4.98. The van der Waals surface area contributed by atoms with Gasteiger partial charge in [0.25, 0.3) is 11.6 Å². The van der Waals surface area contributed by atoms with E-state index in [0.29, 0.717) is 4.88 Å². The van der Waals surface area contributed by atoms with Gasteiger partial charge in [0.05, 0.1) is 15.5 Å². The second-order valence-corrected chi connectivity index (χ2v) is 6.52. The van der Waals surface area contributed by atoms with Crippen LogP contribution >= 0.6 is 11.3 Å². The van der Waals surface area contributed by atoms with Gasteiger partial charge in [-0.15, -0.1) is 11.3 Å². The summed E-state index contributed by atoms with van der Waals surface area (Å²) in [5.74, 6) is -2.88. The van der Waals surface area contributed by atoms with E-state index in [0.717, 1.165) is 4.90 Å². The Labute approximate surface area is 149 Å². The third-order valence-electron chi connectivity index (χ3n) is 4.11. The van der Waals surface area contributed by atoms with Crippen LogP contribution in [0, 0.1) is 16.0 Å². The van der Waals surface area contributed by atoms with Crippen LogP contribution in [0.3, 0.4) is 0 Å². The number of Topliss-reactive ketones (excluding diaryl/α,β-unsaturated/α-hetero) is 1. The maximum absolute atomic E-state index is 12.8. The van der Waals surface area contributed by atoms with Gasteiger partial charge in [-0.1, -0.05) is 11.2 Å². The molecule has 1 aromatic heterocycles. The van der Waals surface area contributed by atoms with Crippen molar-refractivity contribution in [3.8, 4) is 0 Å². The molecule has 0 bridgehead atoms. The first-order valence-electron chi connectivity index (χ1n) is 7.43. The third kappa shape index (κ3) is 2.30. The van der Waals surface area contributed by atoms with E-state index >= 15 is 0 Å². The SMILES string of the molecule is O=C(C1=NOC2C(=O)N(c3ccc([N+](=O)[O-])cc3)C(=O)C12)c1cccs1. The minimum absolute atomic E-state index is 0.111. The highest BCUT2D eigenvalue weighted by Gasteiger charge is 2.57. The number of amides is 2. The van der Waals surface area contributed by atoms with Gasteiger partial charge in [-0.2, -0.15) is 0 Å². The normalized spacial score (nSPS) is 21.4. The lowest BCUT2D eigenvalue weighted by molar-refractivity contribution is -0.384. The van der Waals surface area contributed by atoms with Crippen molar-refractivity contribution in [2.75, 3.05) is 4.90 Å². The Hall–Kier alpha value is -3.40. The first-order valence-corrected chi connectivity index (χ1v) is 8.31. The Balaban J connectivity index is 1.64. The van der Waals surface area contributed by atoms with E-state index in [2.05, 4.69) is 5.16 Å². The van der Waals surface area contributed by atoms with Crippen molar-refractivity contribution in [2.24, 2.45) is 11.1 Å². The molecule has 0 aliphatic carbocycles. The Morgan fingerprint density at radius 3 is 2.54 bits per heavy atom. The molecule has 4 rings (SSSR count). The number of nitro groups is 1. The van der Waals surface area contributed by atoms with Crippen LogP contribution in [0.15, 0.2) is 46.9 Å². The van der Waals surface area contributed by atoms with Crippen LogP contribution in [0.25, 0.3) is 0 Å². The highest BCUT2D eigenvalue weighted by atomic mass is 32.1. The number of imide groups is 1. The fraction of sp³-hybridized carbons (Fsp3) is 0.125. The van der Waals surface area contributed by atoms with Gasteiger partial charge >= 0.3 is 0 Å². The van der Waals surface area contributed by atoms with Gasteiger partial charge in [-0.25, -0.2) is 4.90 Å². The largest absolute Gasteiger partial charge is 0.381 e. The highest BCUT2D eigenvalue weighted by Crippen LogP contribution is 2.35. The number of benzene rings is 1. The molecule has 1 saturated heterocycles. The maximum Gasteiger partial charge on any atom is 0.278 e. The molecule has 3 heterocycles. The molecule has 1 aromatic carbocycles. The summed E-state index contributed by atoms with van der Waals surface area (Å²) in [6, 6.07) is 8.27. The predicted octanol–water partition coefficient (Wildman–Crippen LogP) is 1.78. The molecular weight excluding hydrogens is 362 g/mol. The lowest BCUT2D eigenvalue weighted by Gasteiger charge is -2.14. The summed E-state index contributed by atoms with van der Waals surface area (Å²) in [6.07, 6.45) is -1.20. The van der Waals surface area contributed by atoms with Crippen LogP contribution in [0.4, 0.5) is 11.4 Å². The molecule has 2 aromatic rings. The minimum atomic E-state index is -1.20. The standard InChI is InChI=1S/C16H9N3O6S/c20-13(10-2-1-7-26-10)12-11-14(25-17-12)16(22)18(15(11)21)8-3-5-9(6-4-8)19(23)24/h1-7,11,14H. The first kappa shape index (κ1) is 16.1. The van der Waals surface area contributed by atoms with Crippen molar-refractivity contribution >= 4 is 46.0 Å². The predicted molar refractivity (Wildman–Crippen MR) is 90.0 cm³/mol. The molecular formula is C16H9N3O6S. The molecule has 2 unspecified atom stereocenters. The quantitative estimate of drug-likeness (QED) is 0.350. The molecule has 0 N–H and O–H groups in total. The number of oxime groups is 1. The summed E-state index contributed by atoms with van der Waals surface area (Å²) in [4.78, 5) is 54.3. The molecule has 1 fully saturated rings. The number of nitro benzene ring substituents is 1. The Morgan fingerprint density at radius 1 is 1.19 bits per heavy atom. The number of ketones is 1. The summed E-state index contributed by atoms with van der Waals surface area (Å²) in [6.45, 7) is 0. The zero-order chi connectivity index (χ0) is 18.4. The number of thiophene rings is 1. The smallest absolute Gasteiger partial charge is 0.278 e. The van der Waals surface area contributed by atoms with Crippen molar-refractivity contribution in [1.82, 2.24) is 0 Å². The molecule has 2 aliphatic rings. The number of anilines is 1. The molecule has 130 valence electrons. The number of carbonyl (C=O) groups is 3. The van der Waals surface area contributed by atoms with E-state index in [-0.39, 0.29) is 17.1 Å². The van der Waals surface area contributed by atoms with E-state index in [9.17, 15) is 24.5 Å². The average Bonchev–Trinajstić information content (AvgIpc) is 3.35. The number of non-ortho nitro benzene ring substituents is 1. The van der Waals surface area contributed by atoms with Crippen molar-refractivity contribution in [3.05, 3.63) is 56.8 Å². The molecule has 0 saturated carbocycles. The molecule has 2 atom stereocenters. The Bertz CT molecular complexity index is 966. The monoisotopic (exact) mass is 371 g/mol. The van der Waals surface area contributed by atoms with Gasteiger partial charge in [0.2, 0.25) is 17.8 Å². The molecule has 0 radical (unpaired) electrons. The zero-order valence-electron chi connectivity index (χ0n) is 12.9. The molecule has 0 spiro atoms. The lowest BCUT2D eigenvalue weighted by atomic mass is 9.96. The van der Waals surface area contributed by atoms with Gasteiger partial charge in [0.15, 0.2) is 0 Å². The van der Waals surface area contributed by atoms with Crippen LogP contribution in [0.1, 0.15) is 9.67 Å². The summed E-state index contributed by atoms with van der Waals surface area (Å²) >= 11 is 1.20. The molecule has 2 aliphatic heterocycles. The van der Waals surface area contributed by atoms with Crippen molar-refractivity contribution in [3.63, 3.8) is 0 Å². The number of hydrogen-bond acceptors (Lipinski definition) is 8. The van der Waals surface area contributed by atoms with E-state index in [1.807, 2.05) is 0 Å². The molecule has 9 nitrogen and oxygen atoms in total. The van der Waals surface area contributed by atoms with E-state index in [1.165, 1.54) is 35.6 Å². The first-order chi connectivity index (χ1) is 12.5. The van der Waals surface area contributed by atoms with Gasteiger partial charge in [0.1, 0.15) is 11.6 Å². The van der Waals surface area contributed by atoms with E-state index < -0.39 is 34.5 Å². The average molecular weight is 371 g/mol.